The van der Waals surface area contributed by atoms with Gasteiger partial charge in [-0.3, -0.25) is 4.90 Å². The Bertz CT molecular complexity index is 207. The molecular formula is C15H32N2O. The van der Waals surface area contributed by atoms with E-state index in [1.54, 1.807) is 7.11 Å². The second kappa shape index (κ2) is 8.89. The van der Waals surface area contributed by atoms with Gasteiger partial charge in [0, 0.05) is 38.3 Å². The van der Waals surface area contributed by atoms with Gasteiger partial charge in [-0.25, -0.2) is 0 Å². The quantitative estimate of drug-likeness (QED) is 0.615. The van der Waals surface area contributed by atoms with E-state index in [0.717, 1.165) is 25.7 Å². The molecule has 1 aliphatic rings. The van der Waals surface area contributed by atoms with Crippen molar-refractivity contribution in [3.8, 4) is 0 Å². The third-order valence-electron chi connectivity index (χ3n) is 4.02. The number of hydrogen-bond acceptors (Lipinski definition) is 3. The molecule has 0 aromatic carbocycles. The van der Waals surface area contributed by atoms with Crippen LogP contribution in [-0.4, -0.2) is 49.8 Å². The minimum atomic E-state index is 0.651. The Balaban J connectivity index is 2.48. The molecule has 1 aliphatic carbocycles. The zero-order valence-electron chi connectivity index (χ0n) is 12.7. The molecule has 0 bridgehead atoms. The first kappa shape index (κ1) is 15.9. The van der Waals surface area contributed by atoms with Gasteiger partial charge in [0.2, 0.25) is 0 Å². The van der Waals surface area contributed by atoms with Crippen LogP contribution in [0.5, 0.6) is 0 Å². The largest absolute Gasteiger partial charge is 0.383 e. The summed E-state index contributed by atoms with van der Waals surface area (Å²) in [5, 5.41) is 3.69. The number of rotatable bonds is 11. The summed E-state index contributed by atoms with van der Waals surface area (Å²) in [5.74, 6) is 0. The Kier molecular flexibility index (Phi) is 7.87. The van der Waals surface area contributed by atoms with Gasteiger partial charge in [0.1, 0.15) is 0 Å². The van der Waals surface area contributed by atoms with Crippen molar-refractivity contribution < 1.29 is 4.74 Å². The lowest BCUT2D eigenvalue weighted by Crippen LogP contribution is -2.48. The molecule has 3 heteroatoms. The molecular weight excluding hydrogens is 224 g/mol. The maximum atomic E-state index is 5.27. The summed E-state index contributed by atoms with van der Waals surface area (Å²) in [6, 6.07) is 2.13. The van der Waals surface area contributed by atoms with Crippen LogP contribution in [-0.2, 0) is 4.74 Å². The maximum absolute atomic E-state index is 5.27. The van der Waals surface area contributed by atoms with E-state index >= 15 is 0 Å². The lowest BCUT2D eigenvalue weighted by atomic mass is 10.1. The van der Waals surface area contributed by atoms with Gasteiger partial charge < -0.3 is 10.1 Å². The van der Waals surface area contributed by atoms with Crippen LogP contribution in [0.2, 0.25) is 0 Å². The Hall–Kier alpha value is -0.120. The van der Waals surface area contributed by atoms with Crippen LogP contribution in [0.25, 0.3) is 0 Å². The predicted molar refractivity (Wildman–Crippen MR) is 78.1 cm³/mol. The first-order chi connectivity index (χ1) is 8.72. The van der Waals surface area contributed by atoms with Crippen LogP contribution >= 0.6 is 0 Å². The normalized spacial score (nSPS) is 19.2. The number of methoxy groups -OCH3 is 1. The Morgan fingerprint density at radius 1 is 1.33 bits per heavy atom. The molecule has 1 rings (SSSR count). The van der Waals surface area contributed by atoms with Crippen molar-refractivity contribution in [2.24, 2.45) is 0 Å². The zero-order valence-corrected chi connectivity index (χ0v) is 12.7. The molecule has 0 aromatic heterocycles. The van der Waals surface area contributed by atoms with E-state index in [2.05, 4.69) is 31.0 Å². The van der Waals surface area contributed by atoms with Crippen molar-refractivity contribution in [2.45, 2.75) is 71.0 Å². The van der Waals surface area contributed by atoms with E-state index < -0.39 is 0 Å². The summed E-state index contributed by atoms with van der Waals surface area (Å²) in [6.45, 7) is 9.95. The first-order valence-corrected chi connectivity index (χ1v) is 7.70. The van der Waals surface area contributed by atoms with Gasteiger partial charge in [0.05, 0.1) is 6.61 Å². The molecule has 1 N–H and O–H groups in total. The standard InChI is InChI=1S/C15H32N2O/c1-5-7-15(12-16-14-8-9-14)17(10-11-18-4)13(3)6-2/h13-16H,5-12H2,1-4H3. The third-order valence-corrected chi connectivity index (χ3v) is 4.02. The van der Waals surface area contributed by atoms with Crippen LogP contribution in [0, 0.1) is 0 Å². The molecule has 0 amide bonds. The van der Waals surface area contributed by atoms with Crippen molar-refractivity contribution in [3.05, 3.63) is 0 Å². The zero-order chi connectivity index (χ0) is 13.4. The van der Waals surface area contributed by atoms with Crippen molar-refractivity contribution in [2.75, 3.05) is 26.8 Å². The molecule has 108 valence electrons. The summed E-state index contributed by atoms with van der Waals surface area (Å²) in [7, 11) is 1.80. The molecule has 1 fully saturated rings. The number of ether oxygens (including phenoxy) is 1. The molecule has 0 spiro atoms. The SMILES string of the molecule is CCCC(CNC1CC1)N(CCOC)C(C)CC. The molecule has 0 heterocycles. The fourth-order valence-corrected chi connectivity index (χ4v) is 2.50. The van der Waals surface area contributed by atoms with E-state index in [1.807, 2.05) is 0 Å². The second-order valence-corrected chi connectivity index (χ2v) is 5.61. The third kappa shape index (κ3) is 5.68. The molecule has 0 radical (unpaired) electrons. The molecule has 1 saturated carbocycles. The van der Waals surface area contributed by atoms with Crippen molar-refractivity contribution in [1.29, 1.82) is 0 Å². The minimum absolute atomic E-state index is 0.651. The lowest BCUT2D eigenvalue weighted by Gasteiger charge is -2.36. The molecule has 2 unspecified atom stereocenters. The van der Waals surface area contributed by atoms with Gasteiger partial charge in [-0.1, -0.05) is 20.3 Å². The van der Waals surface area contributed by atoms with Crippen LogP contribution in [0.1, 0.15) is 52.9 Å². The van der Waals surface area contributed by atoms with Gasteiger partial charge >= 0.3 is 0 Å². The van der Waals surface area contributed by atoms with E-state index in [1.165, 1.54) is 32.1 Å². The molecule has 0 aromatic rings. The number of hydrogen-bond donors (Lipinski definition) is 1. The number of nitrogens with one attached hydrogen (secondary N) is 1. The van der Waals surface area contributed by atoms with Crippen molar-refractivity contribution >= 4 is 0 Å². The Labute approximate surface area is 113 Å². The monoisotopic (exact) mass is 256 g/mol. The van der Waals surface area contributed by atoms with Crippen LogP contribution in [0.3, 0.4) is 0 Å². The van der Waals surface area contributed by atoms with Gasteiger partial charge in [-0.05, 0) is 32.6 Å². The van der Waals surface area contributed by atoms with Crippen molar-refractivity contribution in [3.63, 3.8) is 0 Å². The first-order valence-electron chi connectivity index (χ1n) is 7.70. The van der Waals surface area contributed by atoms with E-state index in [9.17, 15) is 0 Å². The van der Waals surface area contributed by atoms with E-state index in [0.29, 0.717) is 12.1 Å². The highest BCUT2D eigenvalue weighted by atomic mass is 16.5. The summed E-state index contributed by atoms with van der Waals surface area (Å²) >= 11 is 0. The Morgan fingerprint density at radius 2 is 2.06 bits per heavy atom. The van der Waals surface area contributed by atoms with Crippen LogP contribution in [0.15, 0.2) is 0 Å². The highest BCUT2D eigenvalue weighted by Crippen LogP contribution is 2.20. The molecule has 3 nitrogen and oxygen atoms in total. The average molecular weight is 256 g/mol. The highest BCUT2D eigenvalue weighted by molar-refractivity contribution is 4.85. The van der Waals surface area contributed by atoms with Crippen LogP contribution in [0.4, 0.5) is 0 Å². The Morgan fingerprint density at radius 3 is 2.56 bits per heavy atom. The molecule has 0 saturated heterocycles. The highest BCUT2D eigenvalue weighted by Gasteiger charge is 2.25. The molecule has 18 heavy (non-hydrogen) atoms. The molecule has 2 atom stereocenters. The fraction of sp³-hybridized carbons (Fsp3) is 1.00. The van der Waals surface area contributed by atoms with Crippen LogP contribution < -0.4 is 5.32 Å². The van der Waals surface area contributed by atoms with Gasteiger partial charge in [-0.2, -0.15) is 0 Å². The molecule has 0 aliphatic heterocycles. The smallest absolute Gasteiger partial charge is 0.0589 e. The number of nitrogens with zero attached hydrogens (tertiary/aromatic N) is 1. The van der Waals surface area contributed by atoms with Gasteiger partial charge in [0.25, 0.3) is 0 Å². The second-order valence-electron chi connectivity index (χ2n) is 5.61. The fourth-order valence-electron chi connectivity index (χ4n) is 2.50. The topological polar surface area (TPSA) is 24.5 Å². The minimum Gasteiger partial charge on any atom is -0.383 e. The lowest BCUT2D eigenvalue weighted by molar-refractivity contribution is 0.0828. The summed E-state index contributed by atoms with van der Waals surface area (Å²) in [6.07, 6.45) is 6.51. The van der Waals surface area contributed by atoms with Crippen molar-refractivity contribution in [1.82, 2.24) is 10.2 Å². The average Bonchev–Trinajstić information content (AvgIpc) is 3.19. The summed E-state index contributed by atoms with van der Waals surface area (Å²) in [5.41, 5.74) is 0. The maximum Gasteiger partial charge on any atom is 0.0589 e. The predicted octanol–water partition coefficient (Wildman–Crippen LogP) is 2.65. The summed E-state index contributed by atoms with van der Waals surface area (Å²) in [4.78, 5) is 2.64. The van der Waals surface area contributed by atoms with E-state index in [4.69, 9.17) is 4.74 Å². The van der Waals surface area contributed by atoms with Gasteiger partial charge in [0.15, 0.2) is 0 Å². The van der Waals surface area contributed by atoms with Gasteiger partial charge in [-0.15, -0.1) is 0 Å². The summed E-state index contributed by atoms with van der Waals surface area (Å²) < 4.78 is 5.27. The van der Waals surface area contributed by atoms with E-state index in [-0.39, 0.29) is 0 Å².